The van der Waals surface area contributed by atoms with Crippen molar-refractivity contribution in [2.45, 2.75) is 13.0 Å². The van der Waals surface area contributed by atoms with E-state index < -0.39 is 0 Å². The van der Waals surface area contributed by atoms with Crippen LogP contribution in [0.1, 0.15) is 11.1 Å². The molecule has 0 aliphatic rings. The van der Waals surface area contributed by atoms with E-state index in [1.165, 1.54) is 0 Å². The molecule has 0 unspecified atom stereocenters. The highest BCUT2D eigenvalue weighted by atomic mass is 35.5. The maximum atomic E-state index is 5.79. The van der Waals surface area contributed by atoms with Crippen molar-refractivity contribution in [2.75, 3.05) is 33.9 Å². The first kappa shape index (κ1) is 19.9. The van der Waals surface area contributed by atoms with Gasteiger partial charge < -0.3 is 20.1 Å². The molecular weight excluding hydrogens is 354 g/mol. The Bertz CT molecular complexity index is 677. The topological polar surface area (TPSA) is 80.7 Å². The number of methoxy groups -OCH3 is 1. The first-order valence-corrected chi connectivity index (χ1v) is 8.70. The first-order chi connectivity index (χ1) is 12.7. The summed E-state index contributed by atoms with van der Waals surface area (Å²) in [6, 6.07) is 7.57. The fourth-order valence-corrected chi connectivity index (χ4v) is 2.23. The summed E-state index contributed by atoms with van der Waals surface area (Å²) in [4.78, 5) is 12.6. The fourth-order valence-electron chi connectivity index (χ4n) is 2.12. The lowest BCUT2D eigenvalue weighted by molar-refractivity contribution is 0.143. The third-order valence-corrected chi connectivity index (χ3v) is 3.74. The molecule has 140 valence electrons. The Morgan fingerprint density at radius 2 is 1.88 bits per heavy atom. The number of guanidine groups is 1. The highest BCUT2D eigenvalue weighted by molar-refractivity contribution is 6.29. The van der Waals surface area contributed by atoms with E-state index in [1.54, 1.807) is 32.6 Å². The van der Waals surface area contributed by atoms with E-state index in [0.717, 1.165) is 30.1 Å². The molecule has 0 saturated carbocycles. The number of pyridine rings is 2. The van der Waals surface area contributed by atoms with Crippen LogP contribution in [0.3, 0.4) is 0 Å². The van der Waals surface area contributed by atoms with Crippen LogP contribution in [0.5, 0.6) is 5.88 Å². The van der Waals surface area contributed by atoms with Gasteiger partial charge in [0.1, 0.15) is 11.8 Å². The molecule has 2 heterocycles. The van der Waals surface area contributed by atoms with Gasteiger partial charge in [-0.15, -0.1) is 0 Å². The molecule has 0 fully saturated rings. The molecule has 8 heteroatoms. The molecule has 0 aliphatic carbocycles. The lowest BCUT2D eigenvalue weighted by Gasteiger charge is -2.12. The molecule has 0 aromatic carbocycles. The van der Waals surface area contributed by atoms with Crippen molar-refractivity contribution < 1.29 is 9.47 Å². The largest absolute Gasteiger partial charge is 0.475 e. The molecule has 0 atom stereocenters. The van der Waals surface area contributed by atoms with Crippen LogP contribution in [0.2, 0.25) is 5.15 Å². The monoisotopic (exact) mass is 377 g/mol. The molecular formula is C18H24ClN5O2. The minimum absolute atomic E-state index is 0.487. The molecule has 0 saturated heterocycles. The second-order valence-corrected chi connectivity index (χ2v) is 5.82. The summed E-state index contributed by atoms with van der Waals surface area (Å²) in [5.41, 5.74) is 2.15. The zero-order valence-corrected chi connectivity index (χ0v) is 15.8. The fraction of sp³-hybridized carbons (Fsp3) is 0.389. The van der Waals surface area contributed by atoms with Crippen molar-refractivity contribution >= 4 is 17.6 Å². The summed E-state index contributed by atoms with van der Waals surface area (Å²) >= 11 is 5.79. The van der Waals surface area contributed by atoms with E-state index in [1.807, 2.05) is 18.2 Å². The van der Waals surface area contributed by atoms with Crippen LogP contribution >= 0.6 is 11.6 Å². The summed E-state index contributed by atoms with van der Waals surface area (Å²) in [6.45, 7) is 2.39. The van der Waals surface area contributed by atoms with Crippen molar-refractivity contribution in [1.29, 1.82) is 0 Å². The molecule has 2 aromatic rings. The lowest BCUT2D eigenvalue weighted by Crippen LogP contribution is -2.37. The normalized spacial score (nSPS) is 11.3. The van der Waals surface area contributed by atoms with Crippen molar-refractivity contribution in [1.82, 2.24) is 20.6 Å². The number of aromatic nitrogens is 2. The van der Waals surface area contributed by atoms with E-state index in [4.69, 9.17) is 21.1 Å². The van der Waals surface area contributed by atoms with Crippen LogP contribution in [-0.4, -0.2) is 49.8 Å². The number of ether oxygens (including phenoxy) is 2. The van der Waals surface area contributed by atoms with E-state index >= 15 is 0 Å². The maximum absolute atomic E-state index is 5.79. The van der Waals surface area contributed by atoms with Crippen LogP contribution in [0.15, 0.2) is 41.7 Å². The summed E-state index contributed by atoms with van der Waals surface area (Å²) < 4.78 is 10.4. The Hall–Kier alpha value is -2.38. The molecule has 0 aliphatic heterocycles. The number of nitrogens with zero attached hydrogens (tertiary/aromatic N) is 3. The average molecular weight is 378 g/mol. The van der Waals surface area contributed by atoms with Crippen LogP contribution in [0.25, 0.3) is 0 Å². The number of rotatable bonds is 9. The van der Waals surface area contributed by atoms with Crippen molar-refractivity contribution in [3.05, 3.63) is 52.9 Å². The molecule has 7 nitrogen and oxygen atoms in total. The maximum Gasteiger partial charge on any atom is 0.213 e. The predicted octanol–water partition coefficient (Wildman–Crippen LogP) is 2.06. The number of hydrogen-bond donors (Lipinski definition) is 2. The smallest absolute Gasteiger partial charge is 0.213 e. The Kier molecular flexibility index (Phi) is 8.65. The Balaban J connectivity index is 1.71. The average Bonchev–Trinajstić information content (AvgIpc) is 2.67. The standard InChI is InChI=1S/C18H24ClN5O2/c1-20-18(21-8-7-14-3-5-16(19)22-11-14)24-13-15-4-6-17(23-12-15)26-10-9-25-2/h3-6,11-12H,7-10,13H2,1-2H3,(H2,20,21,24). The van der Waals surface area contributed by atoms with Gasteiger partial charge in [0.15, 0.2) is 5.96 Å². The van der Waals surface area contributed by atoms with E-state index in [9.17, 15) is 0 Å². The van der Waals surface area contributed by atoms with Gasteiger partial charge in [-0.3, -0.25) is 4.99 Å². The molecule has 2 rings (SSSR count). The SMILES string of the molecule is CN=C(NCCc1ccc(Cl)nc1)NCc1ccc(OCCOC)nc1. The Morgan fingerprint density at radius 1 is 1.08 bits per heavy atom. The van der Waals surface area contributed by atoms with Crippen molar-refractivity contribution in [3.63, 3.8) is 0 Å². The Morgan fingerprint density at radius 3 is 2.54 bits per heavy atom. The van der Waals surface area contributed by atoms with Gasteiger partial charge in [0.2, 0.25) is 5.88 Å². The van der Waals surface area contributed by atoms with Gasteiger partial charge in [-0.2, -0.15) is 0 Å². The van der Waals surface area contributed by atoms with Crippen LogP contribution < -0.4 is 15.4 Å². The number of halogens is 1. The summed E-state index contributed by atoms with van der Waals surface area (Å²) in [7, 11) is 3.38. The van der Waals surface area contributed by atoms with Gasteiger partial charge in [0.05, 0.1) is 6.61 Å². The highest BCUT2D eigenvalue weighted by Crippen LogP contribution is 2.07. The second-order valence-electron chi connectivity index (χ2n) is 5.44. The van der Waals surface area contributed by atoms with Gasteiger partial charge in [-0.25, -0.2) is 9.97 Å². The predicted molar refractivity (Wildman–Crippen MR) is 103 cm³/mol. The lowest BCUT2D eigenvalue weighted by atomic mass is 10.2. The minimum atomic E-state index is 0.487. The number of hydrogen-bond acceptors (Lipinski definition) is 5. The zero-order valence-electron chi connectivity index (χ0n) is 15.0. The zero-order chi connectivity index (χ0) is 18.6. The van der Waals surface area contributed by atoms with Crippen molar-refractivity contribution in [3.8, 4) is 5.88 Å². The van der Waals surface area contributed by atoms with Gasteiger partial charge in [0, 0.05) is 45.7 Å². The van der Waals surface area contributed by atoms with E-state index in [0.29, 0.717) is 30.8 Å². The molecule has 0 amide bonds. The molecule has 2 aromatic heterocycles. The summed E-state index contributed by atoms with van der Waals surface area (Å²) in [6.07, 6.45) is 4.39. The third-order valence-electron chi connectivity index (χ3n) is 3.51. The summed E-state index contributed by atoms with van der Waals surface area (Å²) in [5, 5.41) is 7.02. The number of nitrogens with one attached hydrogen (secondary N) is 2. The molecule has 0 spiro atoms. The van der Waals surface area contributed by atoms with Crippen LogP contribution in [0.4, 0.5) is 0 Å². The molecule has 2 N–H and O–H groups in total. The van der Waals surface area contributed by atoms with Crippen LogP contribution in [-0.2, 0) is 17.7 Å². The van der Waals surface area contributed by atoms with E-state index in [-0.39, 0.29) is 0 Å². The molecule has 26 heavy (non-hydrogen) atoms. The Labute approximate surface area is 158 Å². The minimum Gasteiger partial charge on any atom is -0.475 e. The second kappa shape index (κ2) is 11.3. The van der Waals surface area contributed by atoms with Crippen molar-refractivity contribution in [2.24, 2.45) is 4.99 Å². The number of aliphatic imine (C=N–C) groups is 1. The molecule has 0 bridgehead atoms. The van der Waals surface area contributed by atoms with Crippen LogP contribution in [0, 0.1) is 0 Å². The van der Waals surface area contributed by atoms with Gasteiger partial charge >= 0.3 is 0 Å². The van der Waals surface area contributed by atoms with Gasteiger partial charge in [0.25, 0.3) is 0 Å². The third kappa shape index (κ3) is 7.25. The summed E-state index contributed by atoms with van der Waals surface area (Å²) in [5.74, 6) is 1.32. The van der Waals surface area contributed by atoms with E-state index in [2.05, 4.69) is 25.6 Å². The molecule has 0 radical (unpaired) electrons. The highest BCUT2D eigenvalue weighted by Gasteiger charge is 2.01. The van der Waals surface area contributed by atoms with Gasteiger partial charge in [-0.1, -0.05) is 23.7 Å². The van der Waals surface area contributed by atoms with Gasteiger partial charge in [-0.05, 0) is 23.6 Å². The quantitative estimate of drug-likeness (QED) is 0.301. The first-order valence-electron chi connectivity index (χ1n) is 8.33.